The quantitative estimate of drug-likeness (QED) is 0.562. The summed E-state index contributed by atoms with van der Waals surface area (Å²) in [6.45, 7) is 2.17. The predicted octanol–water partition coefficient (Wildman–Crippen LogP) is 2.79. The molecule has 21 heavy (non-hydrogen) atoms. The van der Waals surface area contributed by atoms with Crippen LogP contribution in [0.1, 0.15) is 22.8 Å². The Bertz CT molecular complexity index is 579. The molecule has 0 bridgehead atoms. The first-order chi connectivity index (χ1) is 10.2. The molecule has 0 saturated carbocycles. The highest BCUT2D eigenvalue weighted by Crippen LogP contribution is 2.13. The van der Waals surface area contributed by atoms with Crippen LogP contribution in [0.5, 0.6) is 0 Å². The van der Waals surface area contributed by atoms with Crippen molar-refractivity contribution in [3.63, 3.8) is 0 Å². The van der Waals surface area contributed by atoms with E-state index in [0.717, 1.165) is 16.9 Å². The van der Waals surface area contributed by atoms with Crippen LogP contribution in [-0.2, 0) is 11.3 Å². The molecule has 0 spiro atoms. The third-order valence-corrected chi connectivity index (χ3v) is 2.88. The lowest BCUT2D eigenvalue weighted by molar-refractivity contribution is 0.0526. The summed E-state index contributed by atoms with van der Waals surface area (Å²) < 4.78 is 4.92. The van der Waals surface area contributed by atoms with Gasteiger partial charge >= 0.3 is 5.97 Å². The highest BCUT2D eigenvalue weighted by Gasteiger charge is 2.05. The van der Waals surface area contributed by atoms with Gasteiger partial charge in [0.25, 0.3) is 0 Å². The number of benzene rings is 2. The topological polar surface area (TPSA) is 70.6 Å². The number of rotatable bonds is 6. The monoisotopic (exact) mass is 286 g/mol. The first kappa shape index (κ1) is 14.9. The second kappa shape index (κ2) is 7.31. The molecule has 0 amide bonds. The molecule has 0 aliphatic rings. The molecule has 110 valence electrons. The van der Waals surface area contributed by atoms with Crippen LogP contribution in [0.25, 0.3) is 0 Å². The summed E-state index contributed by atoms with van der Waals surface area (Å²) in [7, 11) is 0. The zero-order valence-corrected chi connectivity index (χ0v) is 11.8. The van der Waals surface area contributed by atoms with E-state index in [1.165, 1.54) is 0 Å². The number of hydrazine groups is 1. The van der Waals surface area contributed by atoms with E-state index in [2.05, 4.69) is 10.9 Å². The van der Waals surface area contributed by atoms with Crippen molar-refractivity contribution in [1.82, 2.24) is 0 Å². The second-order valence-corrected chi connectivity index (χ2v) is 4.40. The zero-order chi connectivity index (χ0) is 15.1. The lowest BCUT2D eigenvalue weighted by Crippen LogP contribution is -2.09. The summed E-state index contributed by atoms with van der Waals surface area (Å²) in [5, 5.41) is 8.97. The molecule has 0 heterocycles. The van der Waals surface area contributed by atoms with Crippen molar-refractivity contribution < 1.29 is 14.6 Å². The largest absolute Gasteiger partial charge is 0.462 e. The number of ether oxygens (including phenoxy) is 1. The van der Waals surface area contributed by atoms with Crippen molar-refractivity contribution >= 4 is 17.3 Å². The summed E-state index contributed by atoms with van der Waals surface area (Å²) in [6.07, 6.45) is 0. The Morgan fingerprint density at radius 3 is 2.00 bits per heavy atom. The van der Waals surface area contributed by atoms with Gasteiger partial charge in [0.15, 0.2) is 0 Å². The number of nitrogens with one attached hydrogen (secondary N) is 2. The van der Waals surface area contributed by atoms with Crippen molar-refractivity contribution in [3.05, 3.63) is 59.7 Å². The van der Waals surface area contributed by atoms with E-state index in [-0.39, 0.29) is 12.6 Å². The van der Waals surface area contributed by atoms with Gasteiger partial charge in [0.2, 0.25) is 0 Å². The van der Waals surface area contributed by atoms with Crippen LogP contribution in [0.4, 0.5) is 11.4 Å². The molecule has 0 saturated heterocycles. The van der Waals surface area contributed by atoms with Crippen molar-refractivity contribution in [2.24, 2.45) is 0 Å². The molecule has 0 aliphatic heterocycles. The van der Waals surface area contributed by atoms with Gasteiger partial charge in [-0.3, -0.25) is 0 Å². The first-order valence-corrected chi connectivity index (χ1v) is 6.72. The maximum absolute atomic E-state index is 11.5. The fourth-order valence-electron chi connectivity index (χ4n) is 1.74. The van der Waals surface area contributed by atoms with Crippen molar-refractivity contribution in [2.45, 2.75) is 13.5 Å². The Morgan fingerprint density at radius 2 is 1.52 bits per heavy atom. The summed E-state index contributed by atoms with van der Waals surface area (Å²) in [4.78, 5) is 11.5. The second-order valence-electron chi connectivity index (χ2n) is 4.40. The van der Waals surface area contributed by atoms with E-state index in [0.29, 0.717) is 12.2 Å². The standard InChI is InChI=1S/C16H18N2O3/c1-2-21-16(20)13-5-9-15(10-6-13)18-17-14-7-3-12(11-19)4-8-14/h3-10,17-19H,2,11H2,1H3. The fourth-order valence-corrected chi connectivity index (χ4v) is 1.74. The van der Waals surface area contributed by atoms with Crippen LogP contribution in [0.2, 0.25) is 0 Å². The molecule has 0 aliphatic carbocycles. The fraction of sp³-hybridized carbons (Fsp3) is 0.188. The first-order valence-electron chi connectivity index (χ1n) is 6.72. The lowest BCUT2D eigenvalue weighted by Gasteiger charge is -2.10. The highest BCUT2D eigenvalue weighted by molar-refractivity contribution is 5.89. The normalized spacial score (nSPS) is 10.0. The number of aliphatic hydroxyl groups excluding tert-OH is 1. The van der Waals surface area contributed by atoms with Crippen LogP contribution < -0.4 is 10.9 Å². The Balaban J connectivity index is 1.92. The highest BCUT2D eigenvalue weighted by atomic mass is 16.5. The molecule has 2 aromatic rings. The van der Waals surface area contributed by atoms with Gasteiger partial charge in [-0.15, -0.1) is 0 Å². The number of carbonyl (C=O) groups excluding carboxylic acids is 1. The molecule has 5 nitrogen and oxygen atoms in total. The van der Waals surface area contributed by atoms with Gasteiger partial charge < -0.3 is 20.7 Å². The van der Waals surface area contributed by atoms with Gasteiger partial charge in [-0.2, -0.15) is 0 Å². The minimum absolute atomic E-state index is 0.0308. The van der Waals surface area contributed by atoms with Gasteiger partial charge in [0.05, 0.1) is 30.2 Å². The van der Waals surface area contributed by atoms with Gasteiger partial charge in [0.1, 0.15) is 0 Å². The van der Waals surface area contributed by atoms with Gasteiger partial charge in [0, 0.05) is 0 Å². The lowest BCUT2D eigenvalue weighted by atomic mass is 10.2. The van der Waals surface area contributed by atoms with Crippen LogP contribution in [0, 0.1) is 0 Å². The van der Waals surface area contributed by atoms with E-state index in [4.69, 9.17) is 9.84 Å². The Hall–Kier alpha value is -2.53. The number of aliphatic hydroxyl groups is 1. The van der Waals surface area contributed by atoms with Crippen LogP contribution in [-0.4, -0.2) is 17.7 Å². The average molecular weight is 286 g/mol. The zero-order valence-electron chi connectivity index (χ0n) is 11.8. The molecule has 2 rings (SSSR count). The predicted molar refractivity (Wildman–Crippen MR) is 82.0 cm³/mol. The SMILES string of the molecule is CCOC(=O)c1ccc(NNc2ccc(CO)cc2)cc1. The Kier molecular flexibility index (Phi) is 5.17. The number of hydrogen-bond donors (Lipinski definition) is 3. The number of anilines is 2. The minimum Gasteiger partial charge on any atom is -0.462 e. The third-order valence-electron chi connectivity index (χ3n) is 2.88. The molecule has 0 unspecified atom stereocenters. The van der Waals surface area contributed by atoms with Gasteiger partial charge in [-0.25, -0.2) is 4.79 Å². The van der Waals surface area contributed by atoms with E-state index in [1.54, 1.807) is 31.2 Å². The number of esters is 1. The molecule has 2 aromatic carbocycles. The van der Waals surface area contributed by atoms with Crippen LogP contribution >= 0.6 is 0 Å². The summed E-state index contributed by atoms with van der Waals surface area (Å²) in [5.41, 5.74) is 9.16. The number of hydrogen-bond acceptors (Lipinski definition) is 5. The summed E-state index contributed by atoms with van der Waals surface area (Å²) in [6, 6.07) is 14.4. The molecule has 0 aromatic heterocycles. The molecule has 5 heteroatoms. The van der Waals surface area contributed by atoms with Crippen molar-refractivity contribution in [2.75, 3.05) is 17.5 Å². The molecule has 0 fully saturated rings. The van der Waals surface area contributed by atoms with Gasteiger partial charge in [-0.1, -0.05) is 12.1 Å². The van der Waals surface area contributed by atoms with Crippen molar-refractivity contribution in [3.8, 4) is 0 Å². The molecular weight excluding hydrogens is 268 g/mol. The van der Waals surface area contributed by atoms with Crippen molar-refractivity contribution in [1.29, 1.82) is 0 Å². The maximum atomic E-state index is 11.5. The van der Waals surface area contributed by atoms with Crippen LogP contribution in [0.3, 0.4) is 0 Å². The molecule has 0 atom stereocenters. The molecule has 0 radical (unpaired) electrons. The molecular formula is C16H18N2O3. The summed E-state index contributed by atoms with van der Waals surface area (Å²) >= 11 is 0. The van der Waals surface area contributed by atoms with E-state index >= 15 is 0 Å². The minimum atomic E-state index is -0.323. The van der Waals surface area contributed by atoms with Gasteiger partial charge in [-0.05, 0) is 48.9 Å². The Morgan fingerprint density at radius 1 is 1.00 bits per heavy atom. The molecule has 3 N–H and O–H groups in total. The van der Waals surface area contributed by atoms with E-state index < -0.39 is 0 Å². The average Bonchev–Trinajstić information content (AvgIpc) is 2.54. The third kappa shape index (κ3) is 4.22. The maximum Gasteiger partial charge on any atom is 0.338 e. The van der Waals surface area contributed by atoms with E-state index in [9.17, 15) is 4.79 Å². The smallest absolute Gasteiger partial charge is 0.338 e. The number of carbonyl (C=O) groups is 1. The Labute approximate surface area is 123 Å². The van der Waals surface area contributed by atoms with E-state index in [1.807, 2.05) is 24.3 Å². The summed E-state index contributed by atoms with van der Waals surface area (Å²) in [5.74, 6) is -0.323. The van der Waals surface area contributed by atoms with Crippen LogP contribution in [0.15, 0.2) is 48.5 Å².